The van der Waals surface area contributed by atoms with Gasteiger partial charge in [0, 0.05) is 12.0 Å². The van der Waals surface area contributed by atoms with Crippen molar-refractivity contribution in [3.05, 3.63) is 35.4 Å². The van der Waals surface area contributed by atoms with Crippen LogP contribution in [0, 0.1) is 11.6 Å². The summed E-state index contributed by atoms with van der Waals surface area (Å²) in [5.41, 5.74) is 4.82. The van der Waals surface area contributed by atoms with E-state index in [4.69, 9.17) is 5.73 Å². The van der Waals surface area contributed by atoms with Crippen molar-refractivity contribution in [2.45, 2.75) is 6.42 Å². The monoisotopic (exact) mass is 185 g/mol. The first-order valence-electron chi connectivity index (χ1n) is 3.80. The zero-order valence-corrected chi connectivity index (χ0v) is 6.89. The minimum atomic E-state index is -0.707. The molecule has 70 valence electrons. The highest BCUT2D eigenvalue weighted by molar-refractivity contribution is 5.82. The fraction of sp³-hybridized carbons (Fsp3) is 0.222. The number of ketones is 1. The number of carbonyl (C=O) groups excluding carboxylic acids is 1. The molecular weight excluding hydrogens is 176 g/mol. The van der Waals surface area contributed by atoms with Gasteiger partial charge in [-0.3, -0.25) is 4.79 Å². The molecule has 0 heterocycles. The lowest BCUT2D eigenvalue weighted by atomic mass is 10.1. The molecule has 0 bridgehead atoms. The van der Waals surface area contributed by atoms with Crippen LogP contribution in [0.25, 0.3) is 0 Å². The molecule has 13 heavy (non-hydrogen) atoms. The molecule has 0 saturated carbocycles. The quantitative estimate of drug-likeness (QED) is 0.764. The van der Waals surface area contributed by atoms with Crippen molar-refractivity contribution in [1.82, 2.24) is 0 Å². The third-order valence-electron chi connectivity index (χ3n) is 1.66. The van der Waals surface area contributed by atoms with Gasteiger partial charge in [-0.2, -0.15) is 0 Å². The van der Waals surface area contributed by atoms with Crippen LogP contribution < -0.4 is 5.73 Å². The Balaban J connectivity index is 2.93. The van der Waals surface area contributed by atoms with Gasteiger partial charge in [0.1, 0.15) is 11.6 Å². The molecule has 0 unspecified atom stereocenters. The van der Waals surface area contributed by atoms with Gasteiger partial charge in [0.15, 0.2) is 5.78 Å². The van der Waals surface area contributed by atoms with Gasteiger partial charge in [-0.1, -0.05) is 6.07 Å². The van der Waals surface area contributed by atoms with E-state index in [0.29, 0.717) is 0 Å². The summed E-state index contributed by atoms with van der Waals surface area (Å²) >= 11 is 0. The standard InChI is InChI=1S/C9H9F2NO/c10-8-2-1-3-9(11)7(8)4-6(13)5-12/h1-3H,4-5,12H2. The maximum absolute atomic E-state index is 12.9. The maximum atomic E-state index is 12.9. The lowest BCUT2D eigenvalue weighted by Crippen LogP contribution is -2.17. The molecular formula is C9H9F2NO. The lowest BCUT2D eigenvalue weighted by molar-refractivity contribution is -0.117. The highest BCUT2D eigenvalue weighted by atomic mass is 19.1. The van der Waals surface area contributed by atoms with Crippen LogP contribution >= 0.6 is 0 Å². The summed E-state index contributed by atoms with van der Waals surface area (Å²) in [4.78, 5) is 10.8. The second kappa shape index (κ2) is 4.09. The van der Waals surface area contributed by atoms with Gasteiger partial charge >= 0.3 is 0 Å². The summed E-state index contributed by atoms with van der Waals surface area (Å²) in [6.45, 7) is -0.201. The van der Waals surface area contributed by atoms with E-state index < -0.39 is 11.6 Å². The fourth-order valence-corrected chi connectivity index (χ4v) is 0.971. The van der Waals surface area contributed by atoms with Crippen molar-refractivity contribution in [3.63, 3.8) is 0 Å². The summed E-state index contributed by atoms with van der Waals surface area (Å²) < 4.78 is 25.8. The van der Waals surface area contributed by atoms with Crippen molar-refractivity contribution in [1.29, 1.82) is 0 Å². The number of hydrogen-bond acceptors (Lipinski definition) is 2. The van der Waals surface area contributed by atoms with Crippen LogP contribution in [0.5, 0.6) is 0 Å². The van der Waals surface area contributed by atoms with Crippen molar-refractivity contribution >= 4 is 5.78 Å². The number of carbonyl (C=O) groups is 1. The Kier molecular flexibility index (Phi) is 3.08. The Hall–Kier alpha value is -1.29. The smallest absolute Gasteiger partial charge is 0.150 e. The minimum absolute atomic E-state index is 0.201. The van der Waals surface area contributed by atoms with Crippen LogP contribution in [0.15, 0.2) is 18.2 Å². The second-order valence-electron chi connectivity index (χ2n) is 2.62. The highest BCUT2D eigenvalue weighted by Gasteiger charge is 2.11. The second-order valence-corrected chi connectivity index (χ2v) is 2.62. The SMILES string of the molecule is NCC(=O)Cc1c(F)cccc1F. The van der Waals surface area contributed by atoms with E-state index in [-0.39, 0.29) is 24.3 Å². The molecule has 0 aromatic heterocycles. The van der Waals surface area contributed by atoms with E-state index in [1.807, 2.05) is 0 Å². The van der Waals surface area contributed by atoms with Gasteiger partial charge in [0.25, 0.3) is 0 Å². The van der Waals surface area contributed by atoms with Gasteiger partial charge in [-0.15, -0.1) is 0 Å². The Morgan fingerprint density at radius 2 is 1.85 bits per heavy atom. The number of hydrogen-bond donors (Lipinski definition) is 1. The van der Waals surface area contributed by atoms with Crippen LogP contribution in [0.1, 0.15) is 5.56 Å². The number of Topliss-reactive ketones (excluding diaryl/α,β-unsaturated/α-hetero) is 1. The summed E-state index contributed by atoms with van der Waals surface area (Å²) in [6.07, 6.45) is -0.283. The average Bonchev–Trinajstić information content (AvgIpc) is 2.11. The number of rotatable bonds is 3. The van der Waals surface area contributed by atoms with Crippen LogP contribution in [0.3, 0.4) is 0 Å². The first-order valence-corrected chi connectivity index (χ1v) is 3.80. The molecule has 1 aromatic rings. The van der Waals surface area contributed by atoms with Gasteiger partial charge < -0.3 is 5.73 Å². The largest absolute Gasteiger partial charge is 0.324 e. The van der Waals surface area contributed by atoms with E-state index >= 15 is 0 Å². The normalized spacial score (nSPS) is 10.1. The summed E-state index contributed by atoms with van der Waals surface area (Å²) in [5.74, 6) is -1.80. The Bertz CT molecular complexity index is 305. The van der Waals surface area contributed by atoms with E-state index in [1.165, 1.54) is 6.07 Å². The van der Waals surface area contributed by atoms with Crippen LogP contribution in [0.2, 0.25) is 0 Å². The summed E-state index contributed by atoms with van der Waals surface area (Å²) in [5, 5.41) is 0. The van der Waals surface area contributed by atoms with E-state index in [2.05, 4.69) is 0 Å². The molecule has 4 heteroatoms. The maximum Gasteiger partial charge on any atom is 0.150 e. The van der Waals surface area contributed by atoms with Crippen molar-refractivity contribution in [2.24, 2.45) is 5.73 Å². The molecule has 0 aliphatic heterocycles. The van der Waals surface area contributed by atoms with Crippen molar-refractivity contribution in [3.8, 4) is 0 Å². The highest BCUT2D eigenvalue weighted by Crippen LogP contribution is 2.12. The fourth-order valence-electron chi connectivity index (χ4n) is 0.971. The topological polar surface area (TPSA) is 43.1 Å². The first-order chi connectivity index (χ1) is 6.15. The Morgan fingerprint density at radius 1 is 1.31 bits per heavy atom. The van der Waals surface area contributed by atoms with E-state index in [9.17, 15) is 13.6 Å². The van der Waals surface area contributed by atoms with E-state index in [0.717, 1.165) is 12.1 Å². The predicted octanol–water partition coefficient (Wildman–Crippen LogP) is 1.04. The van der Waals surface area contributed by atoms with Gasteiger partial charge in [0.2, 0.25) is 0 Å². The molecule has 0 aliphatic carbocycles. The summed E-state index contributed by atoms with van der Waals surface area (Å²) in [7, 11) is 0. The van der Waals surface area contributed by atoms with Crippen LogP contribution in [-0.4, -0.2) is 12.3 Å². The Labute approximate surface area is 74.4 Å². The molecule has 2 N–H and O–H groups in total. The van der Waals surface area contributed by atoms with Crippen molar-refractivity contribution < 1.29 is 13.6 Å². The number of nitrogens with two attached hydrogens (primary N) is 1. The molecule has 2 nitrogen and oxygen atoms in total. The van der Waals surface area contributed by atoms with E-state index in [1.54, 1.807) is 0 Å². The molecule has 0 fully saturated rings. The summed E-state index contributed by atoms with van der Waals surface area (Å²) in [6, 6.07) is 3.48. The molecule has 0 spiro atoms. The molecule has 1 rings (SSSR count). The molecule has 0 atom stereocenters. The van der Waals surface area contributed by atoms with Crippen LogP contribution in [-0.2, 0) is 11.2 Å². The molecule has 0 saturated heterocycles. The Morgan fingerprint density at radius 3 is 2.31 bits per heavy atom. The average molecular weight is 185 g/mol. The zero-order valence-electron chi connectivity index (χ0n) is 6.89. The van der Waals surface area contributed by atoms with Gasteiger partial charge in [0.05, 0.1) is 6.54 Å². The molecule has 1 aromatic carbocycles. The van der Waals surface area contributed by atoms with Crippen molar-refractivity contribution in [2.75, 3.05) is 6.54 Å². The van der Waals surface area contributed by atoms with Gasteiger partial charge in [-0.25, -0.2) is 8.78 Å². The molecule has 0 amide bonds. The lowest BCUT2D eigenvalue weighted by Gasteiger charge is -2.02. The number of halogens is 2. The zero-order chi connectivity index (χ0) is 9.84. The number of benzene rings is 1. The first kappa shape index (κ1) is 9.80. The molecule has 0 radical (unpaired) electrons. The third-order valence-corrected chi connectivity index (χ3v) is 1.66. The van der Waals surface area contributed by atoms with Gasteiger partial charge in [-0.05, 0) is 12.1 Å². The van der Waals surface area contributed by atoms with Crippen LogP contribution in [0.4, 0.5) is 8.78 Å². The molecule has 0 aliphatic rings. The third kappa shape index (κ3) is 2.32. The minimum Gasteiger partial charge on any atom is -0.324 e. The predicted molar refractivity (Wildman–Crippen MR) is 44.1 cm³/mol.